The van der Waals surface area contributed by atoms with Gasteiger partial charge in [0, 0.05) is 31.7 Å². The lowest BCUT2D eigenvalue weighted by atomic mass is 9.87. The molecule has 3 nitrogen and oxygen atoms in total. The van der Waals surface area contributed by atoms with Gasteiger partial charge in [0.25, 0.3) is 0 Å². The fourth-order valence-corrected chi connectivity index (χ4v) is 2.89. The summed E-state index contributed by atoms with van der Waals surface area (Å²) in [6.45, 7) is 13.9. The Hall–Kier alpha value is -0.120. The summed E-state index contributed by atoms with van der Waals surface area (Å²) < 4.78 is 0. The lowest BCUT2D eigenvalue weighted by Gasteiger charge is -2.39. The topological polar surface area (TPSA) is 32.5 Å². The van der Waals surface area contributed by atoms with E-state index in [1.807, 2.05) is 0 Å². The second kappa shape index (κ2) is 6.88. The van der Waals surface area contributed by atoms with E-state index in [-0.39, 0.29) is 0 Å². The van der Waals surface area contributed by atoms with Crippen LogP contribution in [0.5, 0.6) is 0 Å². The normalized spacial score (nSPS) is 25.3. The monoisotopic (exact) mass is 255 g/mol. The van der Waals surface area contributed by atoms with E-state index < -0.39 is 0 Å². The molecule has 2 atom stereocenters. The van der Waals surface area contributed by atoms with E-state index in [1.165, 1.54) is 32.6 Å². The Labute approximate surface area is 114 Å². The van der Waals surface area contributed by atoms with Crippen LogP contribution >= 0.6 is 0 Å². The van der Waals surface area contributed by atoms with Crippen LogP contribution in [0.2, 0.25) is 0 Å². The molecule has 1 aliphatic rings. The summed E-state index contributed by atoms with van der Waals surface area (Å²) in [7, 11) is 2.25. The van der Waals surface area contributed by atoms with Crippen molar-refractivity contribution in [1.29, 1.82) is 0 Å². The molecule has 2 unspecified atom stereocenters. The molecule has 1 heterocycles. The maximum absolute atomic E-state index is 6.23. The van der Waals surface area contributed by atoms with E-state index in [1.54, 1.807) is 0 Å². The largest absolute Gasteiger partial charge is 0.328 e. The second-order valence-electron chi connectivity index (χ2n) is 7.16. The fourth-order valence-electron chi connectivity index (χ4n) is 2.89. The van der Waals surface area contributed by atoms with Gasteiger partial charge in [-0.05, 0) is 38.3 Å². The fraction of sp³-hybridized carbons (Fsp3) is 1.00. The molecule has 0 radical (unpaired) electrons. The zero-order chi connectivity index (χ0) is 13.8. The van der Waals surface area contributed by atoms with Crippen LogP contribution < -0.4 is 5.73 Å². The molecule has 2 N–H and O–H groups in total. The highest BCUT2D eigenvalue weighted by Crippen LogP contribution is 2.21. The highest BCUT2D eigenvalue weighted by molar-refractivity contribution is 4.80. The van der Waals surface area contributed by atoms with Gasteiger partial charge in [0.1, 0.15) is 0 Å². The molecule has 1 aliphatic heterocycles. The molecular formula is C15H33N3. The Kier molecular flexibility index (Phi) is 6.09. The van der Waals surface area contributed by atoms with Crippen molar-refractivity contribution < 1.29 is 0 Å². The number of piperazine rings is 1. The van der Waals surface area contributed by atoms with E-state index in [9.17, 15) is 0 Å². The van der Waals surface area contributed by atoms with Crippen molar-refractivity contribution in [2.24, 2.45) is 11.1 Å². The summed E-state index contributed by atoms with van der Waals surface area (Å²) in [4.78, 5) is 5.09. The molecule has 0 aromatic carbocycles. The molecular weight excluding hydrogens is 222 g/mol. The Morgan fingerprint density at radius 3 is 2.50 bits per heavy atom. The summed E-state index contributed by atoms with van der Waals surface area (Å²) in [6.07, 6.45) is 3.51. The molecule has 0 aromatic heterocycles. The summed E-state index contributed by atoms with van der Waals surface area (Å²) in [5.41, 5.74) is 6.59. The minimum atomic E-state index is 0.352. The van der Waals surface area contributed by atoms with Crippen LogP contribution in [-0.2, 0) is 0 Å². The van der Waals surface area contributed by atoms with Crippen LogP contribution in [0.15, 0.2) is 0 Å². The van der Waals surface area contributed by atoms with E-state index >= 15 is 0 Å². The van der Waals surface area contributed by atoms with Crippen LogP contribution in [0.25, 0.3) is 0 Å². The molecule has 3 heteroatoms. The van der Waals surface area contributed by atoms with Crippen molar-refractivity contribution in [3.63, 3.8) is 0 Å². The number of nitrogens with zero attached hydrogens (tertiary/aromatic N) is 2. The molecule has 1 fully saturated rings. The lowest BCUT2D eigenvalue weighted by molar-refractivity contribution is 0.0900. The highest BCUT2D eigenvalue weighted by atomic mass is 15.3. The number of hydrogen-bond acceptors (Lipinski definition) is 3. The van der Waals surface area contributed by atoms with Crippen molar-refractivity contribution >= 4 is 0 Å². The van der Waals surface area contributed by atoms with Crippen molar-refractivity contribution in [2.45, 2.75) is 59.0 Å². The molecule has 1 saturated heterocycles. The quantitative estimate of drug-likeness (QED) is 0.817. The van der Waals surface area contributed by atoms with Crippen molar-refractivity contribution in [3.05, 3.63) is 0 Å². The number of rotatable bonds is 5. The van der Waals surface area contributed by atoms with Crippen LogP contribution in [-0.4, -0.2) is 55.1 Å². The zero-order valence-corrected chi connectivity index (χ0v) is 13.1. The first-order valence-corrected chi connectivity index (χ1v) is 7.50. The van der Waals surface area contributed by atoms with Crippen LogP contribution in [0.4, 0.5) is 0 Å². The standard InChI is InChI=1S/C15H33N3/c1-6-14-12-18(10-9-17(14)5)8-7-13(16)11-15(2,3)4/h13-14H,6-12,16H2,1-5H3. The highest BCUT2D eigenvalue weighted by Gasteiger charge is 2.23. The van der Waals surface area contributed by atoms with Gasteiger partial charge in [0.05, 0.1) is 0 Å². The van der Waals surface area contributed by atoms with Crippen molar-refractivity contribution in [3.8, 4) is 0 Å². The van der Waals surface area contributed by atoms with Crippen molar-refractivity contribution in [2.75, 3.05) is 33.2 Å². The minimum absolute atomic E-state index is 0.352. The van der Waals surface area contributed by atoms with Gasteiger partial charge in [-0.25, -0.2) is 0 Å². The van der Waals surface area contributed by atoms with Gasteiger partial charge in [0.15, 0.2) is 0 Å². The summed E-state index contributed by atoms with van der Waals surface area (Å²) in [6, 6.07) is 1.09. The Bertz CT molecular complexity index is 234. The Morgan fingerprint density at radius 1 is 1.28 bits per heavy atom. The van der Waals surface area contributed by atoms with E-state index in [2.05, 4.69) is 44.5 Å². The summed E-state index contributed by atoms with van der Waals surface area (Å²) in [5.74, 6) is 0. The van der Waals surface area contributed by atoms with Crippen LogP contribution in [0.1, 0.15) is 47.0 Å². The summed E-state index contributed by atoms with van der Waals surface area (Å²) in [5, 5.41) is 0. The van der Waals surface area contributed by atoms with Crippen molar-refractivity contribution in [1.82, 2.24) is 9.80 Å². The van der Waals surface area contributed by atoms with Gasteiger partial charge < -0.3 is 15.5 Å². The Balaban J connectivity index is 2.27. The molecule has 0 bridgehead atoms. The third-order valence-electron chi connectivity index (χ3n) is 4.02. The molecule has 0 spiro atoms. The Morgan fingerprint density at radius 2 is 1.94 bits per heavy atom. The van der Waals surface area contributed by atoms with Gasteiger partial charge in [-0.2, -0.15) is 0 Å². The average Bonchev–Trinajstić information content (AvgIpc) is 2.25. The van der Waals surface area contributed by atoms with Gasteiger partial charge >= 0.3 is 0 Å². The third kappa shape index (κ3) is 5.68. The molecule has 0 aromatic rings. The minimum Gasteiger partial charge on any atom is -0.328 e. The maximum Gasteiger partial charge on any atom is 0.0218 e. The van der Waals surface area contributed by atoms with Gasteiger partial charge in [0.2, 0.25) is 0 Å². The number of nitrogens with two attached hydrogens (primary N) is 1. The van der Waals surface area contributed by atoms with Crippen LogP contribution in [0.3, 0.4) is 0 Å². The predicted octanol–water partition coefficient (Wildman–Crippen LogP) is 2.17. The average molecular weight is 255 g/mol. The molecule has 1 rings (SSSR count). The lowest BCUT2D eigenvalue weighted by Crippen LogP contribution is -2.51. The molecule has 0 saturated carbocycles. The van der Waals surface area contributed by atoms with E-state index in [4.69, 9.17) is 5.73 Å². The van der Waals surface area contributed by atoms with Gasteiger partial charge in [-0.1, -0.05) is 27.7 Å². The maximum atomic E-state index is 6.23. The van der Waals surface area contributed by atoms with Gasteiger partial charge in [-0.15, -0.1) is 0 Å². The number of hydrogen-bond donors (Lipinski definition) is 1. The number of likely N-dealkylation sites (N-methyl/N-ethyl adjacent to an activating group) is 1. The first kappa shape index (κ1) is 15.9. The second-order valence-corrected chi connectivity index (χ2v) is 7.16. The molecule has 18 heavy (non-hydrogen) atoms. The first-order valence-electron chi connectivity index (χ1n) is 7.50. The molecule has 0 aliphatic carbocycles. The SMILES string of the molecule is CCC1CN(CCC(N)CC(C)(C)C)CCN1C. The summed E-state index contributed by atoms with van der Waals surface area (Å²) >= 11 is 0. The smallest absolute Gasteiger partial charge is 0.0218 e. The molecule has 108 valence electrons. The predicted molar refractivity (Wildman–Crippen MR) is 79.8 cm³/mol. The first-order chi connectivity index (χ1) is 8.31. The molecule has 0 amide bonds. The third-order valence-corrected chi connectivity index (χ3v) is 4.02. The van der Waals surface area contributed by atoms with E-state index in [0.29, 0.717) is 11.5 Å². The van der Waals surface area contributed by atoms with Gasteiger partial charge in [-0.3, -0.25) is 0 Å². The van der Waals surface area contributed by atoms with E-state index in [0.717, 1.165) is 18.9 Å². The zero-order valence-electron chi connectivity index (χ0n) is 13.1. The van der Waals surface area contributed by atoms with Crippen LogP contribution in [0, 0.1) is 5.41 Å².